The number of rotatable bonds is 14. The fraction of sp³-hybridized carbons (Fsp3) is 0.941. The highest BCUT2D eigenvalue weighted by atomic mass is 16.4. The maximum absolute atomic E-state index is 10.4. The van der Waals surface area contributed by atoms with Crippen molar-refractivity contribution in [1.82, 2.24) is 0 Å². The van der Waals surface area contributed by atoms with Crippen LogP contribution >= 0.6 is 0 Å². The van der Waals surface area contributed by atoms with Crippen LogP contribution in [0.25, 0.3) is 0 Å². The van der Waals surface area contributed by atoms with Crippen molar-refractivity contribution in [2.75, 3.05) is 0 Å². The highest BCUT2D eigenvalue weighted by molar-refractivity contribution is 5.66. The standard InChI is InChI=1S/C17H34O2/c1-3-5-6-7-8-10-13-16(4-2)14-11-9-12-15-17(18)19/h16H,3-15H2,1-2H3,(H,18,19). The molecule has 0 saturated heterocycles. The predicted molar refractivity (Wildman–Crippen MR) is 82.5 cm³/mol. The Kier molecular flexibility index (Phi) is 13.5. The third-order valence-corrected chi connectivity index (χ3v) is 4.05. The molecule has 0 aromatic heterocycles. The zero-order chi connectivity index (χ0) is 14.3. The van der Waals surface area contributed by atoms with E-state index >= 15 is 0 Å². The zero-order valence-electron chi connectivity index (χ0n) is 13.1. The van der Waals surface area contributed by atoms with Crippen molar-refractivity contribution in [2.24, 2.45) is 5.92 Å². The summed E-state index contributed by atoms with van der Waals surface area (Å²) in [7, 11) is 0. The average molecular weight is 270 g/mol. The number of unbranched alkanes of at least 4 members (excludes halogenated alkanes) is 7. The molecule has 2 nitrogen and oxygen atoms in total. The van der Waals surface area contributed by atoms with Crippen molar-refractivity contribution >= 4 is 5.97 Å². The number of aliphatic carboxylic acids is 1. The van der Waals surface area contributed by atoms with Crippen LogP contribution in [0, 0.1) is 5.92 Å². The van der Waals surface area contributed by atoms with E-state index in [2.05, 4.69) is 13.8 Å². The summed E-state index contributed by atoms with van der Waals surface area (Å²) in [6.07, 6.45) is 15.8. The van der Waals surface area contributed by atoms with E-state index in [4.69, 9.17) is 5.11 Å². The van der Waals surface area contributed by atoms with Crippen LogP contribution in [0.2, 0.25) is 0 Å². The van der Waals surface area contributed by atoms with Crippen LogP contribution in [0.5, 0.6) is 0 Å². The second-order valence-corrected chi connectivity index (χ2v) is 5.82. The third-order valence-electron chi connectivity index (χ3n) is 4.05. The maximum atomic E-state index is 10.4. The molecule has 0 spiro atoms. The molecule has 0 amide bonds. The molecule has 114 valence electrons. The summed E-state index contributed by atoms with van der Waals surface area (Å²) in [5, 5.41) is 8.57. The van der Waals surface area contributed by atoms with Gasteiger partial charge < -0.3 is 5.11 Å². The Labute approximate surface area is 120 Å². The summed E-state index contributed by atoms with van der Waals surface area (Å²) in [4.78, 5) is 10.4. The van der Waals surface area contributed by atoms with Crippen LogP contribution in [-0.4, -0.2) is 11.1 Å². The van der Waals surface area contributed by atoms with Crippen molar-refractivity contribution in [1.29, 1.82) is 0 Å². The number of hydrogen-bond donors (Lipinski definition) is 1. The fourth-order valence-corrected chi connectivity index (χ4v) is 2.65. The first kappa shape index (κ1) is 18.5. The molecule has 1 unspecified atom stereocenters. The lowest BCUT2D eigenvalue weighted by molar-refractivity contribution is -0.137. The summed E-state index contributed by atoms with van der Waals surface area (Å²) >= 11 is 0. The molecule has 2 heteroatoms. The van der Waals surface area contributed by atoms with E-state index in [9.17, 15) is 4.79 Å². The molecule has 0 aromatic rings. The van der Waals surface area contributed by atoms with E-state index in [-0.39, 0.29) is 0 Å². The molecule has 0 rings (SSSR count). The van der Waals surface area contributed by atoms with Crippen LogP contribution in [0.1, 0.15) is 97.3 Å². The number of hydrogen-bond acceptors (Lipinski definition) is 1. The first-order chi connectivity index (χ1) is 9.20. The van der Waals surface area contributed by atoms with Crippen molar-refractivity contribution < 1.29 is 9.90 Å². The Balaban J connectivity index is 3.37. The summed E-state index contributed by atoms with van der Waals surface area (Å²) in [5.74, 6) is 0.218. The lowest BCUT2D eigenvalue weighted by Crippen LogP contribution is -2.00. The second-order valence-electron chi connectivity index (χ2n) is 5.82. The number of carbonyl (C=O) groups is 1. The van der Waals surface area contributed by atoms with Gasteiger partial charge >= 0.3 is 5.97 Å². The largest absolute Gasteiger partial charge is 0.481 e. The number of carboxylic acids is 1. The summed E-state index contributed by atoms with van der Waals surface area (Å²) in [6.45, 7) is 4.55. The van der Waals surface area contributed by atoms with E-state index < -0.39 is 5.97 Å². The van der Waals surface area contributed by atoms with E-state index in [0.29, 0.717) is 6.42 Å². The Bertz CT molecular complexity index is 201. The van der Waals surface area contributed by atoms with Crippen molar-refractivity contribution in [3.05, 3.63) is 0 Å². The van der Waals surface area contributed by atoms with Crippen molar-refractivity contribution in [2.45, 2.75) is 97.3 Å². The molecular weight excluding hydrogens is 236 g/mol. The van der Waals surface area contributed by atoms with Gasteiger partial charge in [0.15, 0.2) is 0 Å². The lowest BCUT2D eigenvalue weighted by Gasteiger charge is -2.14. The van der Waals surface area contributed by atoms with Gasteiger partial charge in [-0.15, -0.1) is 0 Å². The molecule has 1 atom stereocenters. The third kappa shape index (κ3) is 13.7. The highest BCUT2D eigenvalue weighted by Gasteiger charge is 2.06. The lowest BCUT2D eigenvalue weighted by atomic mass is 9.92. The minimum atomic E-state index is -0.654. The highest BCUT2D eigenvalue weighted by Crippen LogP contribution is 2.21. The van der Waals surface area contributed by atoms with E-state index in [1.165, 1.54) is 64.2 Å². The van der Waals surface area contributed by atoms with Gasteiger partial charge in [0, 0.05) is 6.42 Å². The Morgan fingerprint density at radius 3 is 1.89 bits per heavy atom. The first-order valence-electron chi connectivity index (χ1n) is 8.42. The van der Waals surface area contributed by atoms with Crippen LogP contribution in [0.3, 0.4) is 0 Å². The van der Waals surface area contributed by atoms with Gasteiger partial charge in [0.2, 0.25) is 0 Å². The summed E-state index contributed by atoms with van der Waals surface area (Å²) < 4.78 is 0. The van der Waals surface area contributed by atoms with Gasteiger partial charge in [0.25, 0.3) is 0 Å². The van der Waals surface area contributed by atoms with Crippen LogP contribution < -0.4 is 0 Å². The summed E-state index contributed by atoms with van der Waals surface area (Å²) in [5.41, 5.74) is 0. The molecule has 0 saturated carbocycles. The van der Waals surface area contributed by atoms with Crippen LogP contribution in [-0.2, 0) is 4.79 Å². The molecule has 0 heterocycles. The molecule has 0 aliphatic carbocycles. The number of carboxylic acid groups (broad SMARTS) is 1. The predicted octanol–water partition coefficient (Wildman–Crippen LogP) is 5.80. The minimum absolute atomic E-state index is 0.341. The topological polar surface area (TPSA) is 37.3 Å². The normalized spacial score (nSPS) is 12.5. The molecule has 0 aliphatic rings. The molecule has 0 fully saturated rings. The van der Waals surface area contributed by atoms with E-state index in [0.717, 1.165) is 18.8 Å². The van der Waals surface area contributed by atoms with Gasteiger partial charge in [-0.05, 0) is 12.3 Å². The van der Waals surface area contributed by atoms with Crippen molar-refractivity contribution in [3.63, 3.8) is 0 Å². The smallest absolute Gasteiger partial charge is 0.303 e. The van der Waals surface area contributed by atoms with Gasteiger partial charge in [-0.25, -0.2) is 0 Å². The van der Waals surface area contributed by atoms with Gasteiger partial charge in [0.05, 0.1) is 0 Å². The SMILES string of the molecule is CCCCCCCCC(CC)CCCCCC(=O)O. The van der Waals surface area contributed by atoms with Gasteiger partial charge in [-0.1, -0.05) is 84.5 Å². The molecule has 0 radical (unpaired) electrons. The Hall–Kier alpha value is -0.530. The van der Waals surface area contributed by atoms with Gasteiger partial charge in [-0.2, -0.15) is 0 Å². The molecular formula is C17H34O2. The Morgan fingerprint density at radius 1 is 0.842 bits per heavy atom. The quantitative estimate of drug-likeness (QED) is 0.405. The van der Waals surface area contributed by atoms with Gasteiger partial charge in [-0.3, -0.25) is 4.79 Å². The maximum Gasteiger partial charge on any atom is 0.303 e. The molecule has 0 aliphatic heterocycles. The summed E-state index contributed by atoms with van der Waals surface area (Å²) in [6, 6.07) is 0. The van der Waals surface area contributed by atoms with Crippen molar-refractivity contribution in [3.8, 4) is 0 Å². The second kappa shape index (κ2) is 13.9. The molecule has 0 bridgehead atoms. The molecule has 1 N–H and O–H groups in total. The van der Waals surface area contributed by atoms with Gasteiger partial charge in [0.1, 0.15) is 0 Å². The van der Waals surface area contributed by atoms with E-state index in [1.807, 2.05) is 0 Å². The Morgan fingerprint density at radius 2 is 1.37 bits per heavy atom. The molecule has 0 aromatic carbocycles. The van der Waals surface area contributed by atoms with Crippen LogP contribution in [0.4, 0.5) is 0 Å². The fourth-order valence-electron chi connectivity index (χ4n) is 2.65. The minimum Gasteiger partial charge on any atom is -0.481 e. The zero-order valence-corrected chi connectivity index (χ0v) is 13.1. The average Bonchev–Trinajstić information content (AvgIpc) is 2.39. The molecule has 19 heavy (non-hydrogen) atoms. The van der Waals surface area contributed by atoms with Crippen LogP contribution in [0.15, 0.2) is 0 Å². The first-order valence-corrected chi connectivity index (χ1v) is 8.42. The monoisotopic (exact) mass is 270 g/mol. The van der Waals surface area contributed by atoms with E-state index in [1.54, 1.807) is 0 Å².